The standard InChI is InChI=1S/C17H17FN4O4/c1-10-8-11-12(22(10)17(24)25)2-3-13(16(11)18)26-15-4-5-20-14(21-15)9-19-6-7-23/h2-5,8,19,23H,6-7,9H2,1H3,(H,24,25). The number of aromatic nitrogens is 3. The Kier molecular flexibility index (Phi) is 5.10. The van der Waals surface area contributed by atoms with Gasteiger partial charge in [0, 0.05) is 29.9 Å². The van der Waals surface area contributed by atoms with Gasteiger partial charge in [0.05, 0.1) is 18.7 Å². The minimum Gasteiger partial charge on any atom is -0.464 e. The Bertz CT molecular complexity index is 957. The lowest BCUT2D eigenvalue weighted by atomic mass is 10.2. The van der Waals surface area contributed by atoms with E-state index in [1.54, 1.807) is 6.92 Å². The second-order valence-corrected chi connectivity index (χ2v) is 5.53. The summed E-state index contributed by atoms with van der Waals surface area (Å²) in [6.45, 7) is 2.32. The van der Waals surface area contributed by atoms with Gasteiger partial charge < -0.3 is 20.3 Å². The molecule has 0 spiro atoms. The molecule has 0 bridgehead atoms. The second-order valence-electron chi connectivity index (χ2n) is 5.53. The number of aliphatic hydroxyl groups excluding tert-OH is 1. The van der Waals surface area contributed by atoms with Crippen molar-refractivity contribution in [2.75, 3.05) is 13.2 Å². The number of carbonyl (C=O) groups is 1. The summed E-state index contributed by atoms with van der Waals surface area (Å²) in [5.74, 6) is -0.129. The van der Waals surface area contributed by atoms with Gasteiger partial charge in [-0.2, -0.15) is 4.98 Å². The lowest BCUT2D eigenvalue weighted by molar-refractivity contribution is 0.197. The number of hydrogen-bond acceptors (Lipinski definition) is 6. The molecule has 0 atom stereocenters. The number of halogens is 1. The van der Waals surface area contributed by atoms with Crippen molar-refractivity contribution >= 4 is 17.0 Å². The molecule has 9 heteroatoms. The highest BCUT2D eigenvalue weighted by atomic mass is 19.1. The zero-order valence-electron chi connectivity index (χ0n) is 13.9. The summed E-state index contributed by atoms with van der Waals surface area (Å²) in [6.07, 6.45) is 0.307. The van der Waals surface area contributed by atoms with E-state index in [1.165, 1.54) is 30.5 Å². The van der Waals surface area contributed by atoms with E-state index >= 15 is 0 Å². The monoisotopic (exact) mass is 360 g/mol. The average molecular weight is 360 g/mol. The van der Waals surface area contributed by atoms with E-state index in [9.17, 15) is 14.3 Å². The number of carboxylic acid groups (broad SMARTS) is 1. The molecule has 3 aromatic rings. The maximum atomic E-state index is 14.7. The molecule has 0 fully saturated rings. The van der Waals surface area contributed by atoms with Crippen molar-refractivity contribution in [2.24, 2.45) is 0 Å². The van der Waals surface area contributed by atoms with Crippen LogP contribution in [0.4, 0.5) is 9.18 Å². The SMILES string of the molecule is Cc1cc2c(F)c(Oc3ccnc(CNCCO)n3)ccc2n1C(=O)O. The van der Waals surface area contributed by atoms with Crippen molar-refractivity contribution in [3.05, 3.63) is 47.8 Å². The Labute approximate surface area is 147 Å². The van der Waals surface area contributed by atoms with Crippen molar-refractivity contribution < 1.29 is 24.1 Å². The first-order chi connectivity index (χ1) is 12.5. The molecule has 136 valence electrons. The molecule has 3 N–H and O–H groups in total. The fourth-order valence-corrected chi connectivity index (χ4v) is 2.61. The van der Waals surface area contributed by atoms with Gasteiger partial charge in [0.15, 0.2) is 11.6 Å². The van der Waals surface area contributed by atoms with E-state index in [2.05, 4.69) is 15.3 Å². The molecule has 0 aliphatic rings. The summed E-state index contributed by atoms with van der Waals surface area (Å²) in [7, 11) is 0. The summed E-state index contributed by atoms with van der Waals surface area (Å²) in [5.41, 5.74) is 0.652. The van der Waals surface area contributed by atoms with Gasteiger partial charge in [-0.3, -0.25) is 0 Å². The number of rotatable bonds is 6. The molecular weight excluding hydrogens is 343 g/mol. The first-order valence-corrected chi connectivity index (χ1v) is 7.86. The fourth-order valence-electron chi connectivity index (χ4n) is 2.61. The van der Waals surface area contributed by atoms with Crippen molar-refractivity contribution in [3.63, 3.8) is 0 Å². The van der Waals surface area contributed by atoms with Gasteiger partial charge in [-0.1, -0.05) is 0 Å². The maximum Gasteiger partial charge on any atom is 0.416 e. The summed E-state index contributed by atoms with van der Waals surface area (Å²) in [5, 5.41) is 21.1. The smallest absolute Gasteiger partial charge is 0.416 e. The quantitative estimate of drug-likeness (QED) is 0.579. The fraction of sp³-hybridized carbons (Fsp3) is 0.235. The average Bonchev–Trinajstić information content (AvgIpc) is 2.95. The van der Waals surface area contributed by atoms with Crippen molar-refractivity contribution in [1.29, 1.82) is 0 Å². The van der Waals surface area contributed by atoms with E-state index < -0.39 is 11.9 Å². The van der Waals surface area contributed by atoms with Crippen LogP contribution < -0.4 is 10.1 Å². The number of aliphatic hydroxyl groups is 1. The molecule has 2 aromatic heterocycles. The number of nitrogens with one attached hydrogen (secondary N) is 1. The molecular formula is C17H17FN4O4. The second kappa shape index (κ2) is 7.46. The number of fused-ring (bicyclic) bond motifs is 1. The number of aryl methyl sites for hydroxylation is 1. The molecule has 3 rings (SSSR count). The Hall–Kier alpha value is -3.04. The molecule has 2 heterocycles. The Morgan fingerprint density at radius 1 is 1.38 bits per heavy atom. The molecule has 1 aromatic carbocycles. The summed E-state index contributed by atoms with van der Waals surface area (Å²) >= 11 is 0. The Balaban J connectivity index is 1.89. The van der Waals surface area contributed by atoms with E-state index in [1.807, 2.05) is 0 Å². The highest BCUT2D eigenvalue weighted by Crippen LogP contribution is 2.31. The minimum absolute atomic E-state index is 0.00315. The molecule has 0 unspecified atom stereocenters. The highest BCUT2D eigenvalue weighted by Gasteiger charge is 2.18. The zero-order chi connectivity index (χ0) is 18.7. The van der Waals surface area contributed by atoms with Crippen LogP contribution in [0.3, 0.4) is 0 Å². The molecule has 0 aliphatic heterocycles. The number of ether oxygens (including phenoxy) is 1. The third-order valence-corrected chi connectivity index (χ3v) is 3.73. The van der Waals surface area contributed by atoms with Gasteiger partial charge >= 0.3 is 6.09 Å². The largest absolute Gasteiger partial charge is 0.464 e. The van der Waals surface area contributed by atoms with Crippen LogP contribution in [0.15, 0.2) is 30.5 Å². The molecule has 0 aliphatic carbocycles. The van der Waals surface area contributed by atoms with E-state index in [4.69, 9.17) is 9.84 Å². The van der Waals surface area contributed by atoms with Crippen LogP contribution in [0, 0.1) is 12.7 Å². The maximum absolute atomic E-state index is 14.7. The summed E-state index contributed by atoms with van der Waals surface area (Å²) in [4.78, 5) is 19.5. The molecule has 26 heavy (non-hydrogen) atoms. The van der Waals surface area contributed by atoms with Crippen LogP contribution in [0.1, 0.15) is 11.5 Å². The van der Waals surface area contributed by atoms with Crippen LogP contribution >= 0.6 is 0 Å². The van der Waals surface area contributed by atoms with E-state index in [0.717, 1.165) is 4.57 Å². The predicted molar refractivity (Wildman–Crippen MR) is 91.0 cm³/mol. The van der Waals surface area contributed by atoms with Gasteiger partial charge in [0.2, 0.25) is 5.88 Å². The van der Waals surface area contributed by atoms with Crippen molar-refractivity contribution in [2.45, 2.75) is 13.5 Å². The topological polar surface area (TPSA) is 109 Å². The third-order valence-electron chi connectivity index (χ3n) is 3.73. The van der Waals surface area contributed by atoms with Crippen LogP contribution in [0.5, 0.6) is 11.6 Å². The molecule has 0 saturated carbocycles. The van der Waals surface area contributed by atoms with Crippen LogP contribution in [-0.4, -0.2) is 44.0 Å². The van der Waals surface area contributed by atoms with Crippen LogP contribution in [-0.2, 0) is 6.54 Å². The number of benzene rings is 1. The van der Waals surface area contributed by atoms with Gasteiger partial charge in [-0.25, -0.2) is 18.7 Å². The van der Waals surface area contributed by atoms with Crippen LogP contribution in [0.2, 0.25) is 0 Å². The van der Waals surface area contributed by atoms with Gasteiger partial charge in [0.1, 0.15) is 5.82 Å². The number of nitrogens with zero attached hydrogens (tertiary/aromatic N) is 3. The first kappa shape index (κ1) is 17.8. The van der Waals surface area contributed by atoms with E-state index in [-0.39, 0.29) is 29.1 Å². The zero-order valence-corrected chi connectivity index (χ0v) is 13.9. The predicted octanol–water partition coefficient (Wildman–Crippen LogP) is 2.28. The Morgan fingerprint density at radius 2 is 2.19 bits per heavy atom. The number of hydrogen-bond donors (Lipinski definition) is 3. The van der Waals surface area contributed by atoms with Crippen LogP contribution in [0.25, 0.3) is 10.9 Å². The lowest BCUT2D eigenvalue weighted by Gasteiger charge is -2.08. The highest BCUT2D eigenvalue weighted by molar-refractivity contribution is 5.91. The minimum atomic E-state index is -1.18. The lowest BCUT2D eigenvalue weighted by Crippen LogP contribution is -2.19. The van der Waals surface area contributed by atoms with Gasteiger partial charge in [0.25, 0.3) is 0 Å². The third kappa shape index (κ3) is 3.48. The normalized spacial score (nSPS) is 11.0. The van der Waals surface area contributed by atoms with Crippen molar-refractivity contribution in [1.82, 2.24) is 19.9 Å². The van der Waals surface area contributed by atoms with Gasteiger partial charge in [-0.05, 0) is 25.1 Å². The molecule has 0 saturated heterocycles. The molecule has 0 amide bonds. The molecule has 8 nitrogen and oxygen atoms in total. The molecule has 0 radical (unpaired) electrons. The van der Waals surface area contributed by atoms with Gasteiger partial charge in [-0.15, -0.1) is 0 Å². The van der Waals surface area contributed by atoms with E-state index in [0.29, 0.717) is 24.6 Å². The first-order valence-electron chi connectivity index (χ1n) is 7.86. The Morgan fingerprint density at radius 3 is 2.92 bits per heavy atom. The van der Waals surface area contributed by atoms with Crippen molar-refractivity contribution in [3.8, 4) is 11.6 Å². The summed E-state index contributed by atoms with van der Waals surface area (Å²) < 4.78 is 21.3. The summed E-state index contributed by atoms with van der Waals surface area (Å²) in [6, 6.07) is 5.80.